The highest BCUT2D eigenvalue weighted by Gasteiger charge is 2.10. The predicted molar refractivity (Wildman–Crippen MR) is 80.5 cm³/mol. The lowest BCUT2D eigenvalue weighted by atomic mass is 10.2. The van der Waals surface area contributed by atoms with Crippen molar-refractivity contribution in [3.05, 3.63) is 64.7 Å². The molecule has 0 spiro atoms. The number of pyridine rings is 1. The van der Waals surface area contributed by atoms with Gasteiger partial charge in [0, 0.05) is 6.20 Å². The second kappa shape index (κ2) is 5.17. The van der Waals surface area contributed by atoms with Gasteiger partial charge in [0.2, 0.25) is 5.28 Å². The van der Waals surface area contributed by atoms with Crippen LogP contribution in [0.15, 0.2) is 42.6 Å². The molecule has 0 saturated heterocycles. The van der Waals surface area contributed by atoms with E-state index in [1.165, 1.54) is 11.1 Å². The Morgan fingerprint density at radius 1 is 1.10 bits per heavy atom. The molecule has 0 radical (unpaired) electrons. The molecule has 3 rings (SSSR count). The molecule has 0 atom stereocenters. The second-order valence-corrected chi connectivity index (χ2v) is 5.23. The Kier molecular flexibility index (Phi) is 3.36. The number of rotatable bonds is 3. The first-order valence-electron chi connectivity index (χ1n) is 6.46. The van der Waals surface area contributed by atoms with Crippen molar-refractivity contribution < 1.29 is 4.74 Å². The largest absolute Gasteiger partial charge is 0.487 e. The van der Waals surface area contributed by atoms with Crippen molar-refractivity contribution in [1.29, 1.82) is 0 Å². The summed E-state index contributed by atoms with van der Waals surface area (Å²) in [4.78, 5) is 4.37. The fourth-order valence-corrected chi connectivity index (χ4v) is 2.35. The summed E-state index contributed by atoms with van der Waals surface area (Å²) in [6, 6.07) is 12.0. The van der Waals surface area contributed by atoms with E-state index in [9.17, 15) is 0 Å². The minimum absolute atomic E-state index is 0.405. The van der Waals surface area contributed by atoms with Gasteiger partial charge >= 0.3 is 0 Å². The van der Waals surface area contributed by atoms with Crippen LogP contribution >= 0.6 is 11.6 Å². The normalized spacial score (nSPS) is 10.9. The van der Waals surface area contributed by atoms with Crippen molar-refractivity contribution in [2.45, 2.75) is 20.5 Å². The van der Waals surface area contributed by atoms with E-state index >= 15 is 0 Å². The molecule has 0 aliphatic rings. The molecule has 102 valence electrons. The van der Waals surface area contributed by atoms with Crippen molar-refractivity contribution in [3.8, 4) is 5.75 Å². The first-order valence-corrected chi connectivity index (χ1v) is 6.84. The van der Waals surface area contributed by atoms with E-state index in [0.717, 1.165) is 17.0 Å². The third kappa shape index (κ3) is 2.49. The van der Waals surface area contributed by atoms with Crippen LogP contribution in [0, 0.1) is 13.8 Å². The lowest BCUT2D eigenvalue weighted by Crippen LogP contribution is -1.96. The Hall–Kier alpha value is -2.00. The number of ether oxygens (including phenoxy) is 1. The highest BCUT2D eigenvalue weighted by Crippen LogP contribution is 2.20. The lowest BCUT2D eigenvalue weighted by molar-refractivity contribution is 0.303. The maximum Gasteiger partial charge on any atom is 0.207 e. The van der Waals surface area contributed by atoms with Gasteiger partial charge in [0.1, 0.15) is 18.1 Å². The SMILES string of the molecule is Cc1ccc(OCc2nc(Cl)n3ccc(C)cc23)cc1. The zero-order valence-corrected chi connectivity index (χ0v) is 12.2. The van der Waals surface area contributed by atoms with Crippen molar-refractivity contribution in [3.63, 3.8) is 0 Å². The van der Waals surface area contributed by atoms with Gasteiger partial charge < -0.3 is 4.74 Å². The standard InChI is InChI=1S/C16H15ClN2O/c1-11-3-5-13(6-4-11)20-10-14-15-9-12(2)7-8-19(15)16(17)18-14/h3-9H,10H2,1-2H3. The summed E-state index contributed by atoms with van der Waals surface area (Å²) in [5.41, 5.74) is 4.22. The molecule has 0 aliphatic heterocycles. The number of benzene rings is 1. The van der Waals surface area contributed by atoms with Crippen molar-refractivity contribution in [1.82, 2.24) is 9.38 Å². The molecule has 0 amide bonds. The first-order chi connectivity index (χ1) is 9.63. The number of halogens is 1. The molecule has 3 nitrogen and oxygen atoms in total. The van der Waals surface area contributed by atoms with Gasteiger partial charge in [-0.3, -0.25) is 4.40 Å². The molecule has 2 heterocycles. The smallest absolute Gasteiger partial charge is 0.207 e. The topological polar surface area (TPSA) is 26.5 Å². The summed E-state index contributed by atoms with van der Waals surface area (Å²) in [5, 5.41) is 0.461. The summed E-state index contributed by atoms with van der Waals surface area (Å²) in [6.07, 6.45) is 1.93. The molecule has 3 aromatic rings. The summed E-state index contributed by atoms with van der Waals surface area (Å²) < 4.78 is 7.64. The zero-order valence-electron chi connectivity index (χ0n) is 11.4. The van der Waals surface area contributed by atoms with Gasteiger partial charge in [-0.15, -0.1) is 0 Å². The molecule has 0 bridgehead atoms. The summed E-state index contributed by atoms with van der Waals surface area (Å²) in [5.74, 6) is 0.834. The number of aromatic nitrogens is 2. The van der Waals surface area contributed by atoms with Crippen LogP contribution in [0.3, 0.4) is 0 Å². The lowest BCUT2D eigenvalue weighted by Gasteiger charge is -2.05. The Bertz CT molecular complexity index is 747. The van der Waals surface area contributed by atoms with E-state index in [1.807, 2.05) is 47.9 Å². The van der Waals surface area contributed by atoms with E-state index in [0.29, 0.717) is 11.9 Å². The number of hydrogen-bond donors (Lipinski definition) is 0. The van der Waals surface area contributed by atoms with Crippen LogP contribution in [-0.2, 0) is 6.61 Å². The van der Waals surface area contributed by atoms with Crippen LogP contribution in [-0.4, -0.2) is 9.38 Å². The van der Waals surface area contributed by atoms with E-state index in [1.54, 1.807) is 0 Å². The number of fused-ring (bicyclic) bond motifs is 1. The molecular weight excluding hydrogens is 272 g/mol. The van der Waals surface area contributed by atoms with E-state index in [4.69, 9.17) is 16.3 Å². The van der Waals surface area contributed by atoms with E-state index in [2.05, 4.69) is 18.0 Å². The molecule has 4 heteroatoms. The summed E-state index contributed by atoms with van der Waals surface area (Å²) in [6.45, 7) is 4.50. The Morgan fingerprint density at radius 3 is 2.60 bits per heavy atom. The number of aryl methyl sites for hydroxylation is 2. The summed E-state index contributed by atoms with van der Waals surface area (Å²) in [7, 11) is 0. The van der Waals surface area contributed by atoms with Crippen LogP contribution < -0.4 is 4.74 Å². The molecule has 0 fully saturated rings. The maximum atomic E-state index is 6.13. The second-order valence-electron chi connectivity index (χ2n) is 4.89. The maximum absolute atomic E-state index is 6.13. The average Bonchev–Trinajstić information content (AvgIpc) is 2.74. The van der Waals surface area contributed by atoms with Gasteiger partial charge in [-0.05, 0) is 55.3 Å². The minimum atomic E-state index is 0.405. The Balaban J connectivity index is 1.87. The van der Waals surface area contributed by atoms with Crippen LogP contribution in [0.5, 0.6) is 5.75 Å². The third-order valence-corrected chi connectivity index (χ3v) is 3.50. The third-order valence-electron chi connectivity index (χ3n) is 3.23. The molecule has 20 heavy (non-hydrogen) atoms. The van der Waals surface area contributed by atoms with Crippen molar-refractivity contribution in [2.75, 3.05) is 0 Å². The zero-order chi connectivity index (χ0) is 14.1. The Labute approximate surface area is 122 Å². The highest BCUT2D eigenvalue weighted by atomic mass is 35.5. The van der Waals surface area contributed by atoms with Crippen LogP contribution in [0.25, 0.3) is 5.52 Å². The van der Waals surface area contributed by atoms with Crippen LogP contribution in [0.4, 0.5) is 0 Å². The first kappa shape index (κ1) is 13.0. The van der Waals surface area contributed by atoms with Gasteiger partial charge in [0.25, 0.3) is 0 Å². The van der Waals surface area contributed by atoms with E-state index in [-0.39, 0.29) is 0 Å². The molecule has 0 N–H and O–H groups in total. The molecule has 0 unspecified atom stereocenters. The van der Waals surface area contributed by atoms with Gasteiger partial charge in [-0.2, -0.15) is 0 Å². The van der Waals surface area contributed by atoms with Gasteiger partial charge in [-0.1, -0.05) is 17.7 Å². The summed E-state index contributed by atoms with van der Waals surface area (Å²) >= 11 is 6.13. The number of nitrogens with zero attached hydrogens (tertiary/aromatic N) is 2. The minimum Gasteiger partial charge on any atom is -0.487 e. The molecule has 0 saturated carbocycles. The van der Waals surface area contributed by atoms with Crippen molar-refractivity contribution in [2.24, 2.45) is 0 Å². The van der Waals surface area contributed by atoms with Crippen molar-refractivity contribution >= 4 is 17.1 Å². The molecular formula is C16H15ClN2O. The van der Waals surface area contributed by atoms with Gasteiger partial charge in [0.15, 0.2) is 0 Å². The monoisotopic (exact) mass is 286 g/mol. The van der Waals surface area contributed by atoms with E-state index < -0.39 is 0 Å². The quantitative estimate of drug-likeness (QED) is 0.722. The predicted octanol–water partition coefficient (Wildman–Crippen LogP) is 4.18. The molecule has 2 aromatic heterocycles. The average molecular weight is 287 g/mol. The van der Waals surface area contributed by atoms with Gasteiger partial charge in [-0.25, -0.2) is 4.98 Å². The van der Waals surface area contributed by atoms with Crippen LogP contribution in [0.1, 0.15) is 16.8 Å². The van der Waals surface area contributed by atoms with Gasteiger partial charge in [0.05, 0.1) is 5.52 Å². The molecule has 0 aliphatic carbocycles. The van der Waals surface area contributed by atoms with Crippen LogP contribution in [0.2, 0.25) is 5.28 Å². The number of imidazole rings is 1. The number of hydrogen-bond acceptors (Lipinski definition) is 2. The molecule has 1 aromatic carbocycles. The Morgan fingerprint density at radius 2 is 1.85 bits per heavy atom. The fraction of sp³-hybridized carbons (Fsp3) is 0.188. The fourth-order valence-electron chi connectivity index (χ4n) is 2.10. The highest BCUT2D eigenvalue weighted by molar-refractivity contribution is 6.28.